The average molecular weight is 154 g/mol. The number of fused-ring (bicyclic) bond motifs is 1. The van der Waals surface area contributed by atoms with Gasteiger partial charge in [0, 0.05) is 18.6 Å². The van der Waals surface area contributed by atoms with Gasteiger partial charge in [0.25, 0.3) is 0 Å². The van der Waals surface area contributed by atoms with Gasteiger partial charge in [-0.05, 0) is 32.4 Å². The molecule has 2 heterocycles. The van der Waals surface area contributed by atoms with E-state index in [-0.39, 0.29) is 0 Å². The fraction of sp³-hybridized carbons (Fsp3) is 1.00. The van der Waals surface area contributed by atoms with Crippen LogP contribution in [0.1, 0.15) is 19.8 Å². The van der Waals surface area contributed by atoms with Gasteiger partial charge in [-0.2, -0.15) is 0 Å². The van der Waals surface area contributed by atoms with Gasteiger partial charge in [-0.1, -0.05) is 6.92 Å². The molecule has 0 saturated carbocycles. The maximum atomic E-state index is 3.57. The van der Waals surface area contributed by atoms with Crippen molar-refractivity contribution in [2.75, 3.05) is 20.1 Å². The Morgan fingerprint density at radius 3 is 3.09 bits per heavy atom. The molecule has 1 N–H and O–H groups in total. The maximum absolute atomic E-state index is 3.57. The molecule has 0 amide bonds. The van der Waals surface area contributed by atoms with Gasteiger partial charge in [0.2, 0.25) is 0 Å². The molecule has 0 bridgehead atoms. The van der Waals surface area contributed by atoms with Crippen LogP contribution in [0.2, 0.25) is 0 Å². The summed E-state index contributed by atoms with van der Waals surface area (Å²) in [5.41, 5.74) is 0. The van der Waals surface area contributed by atoms with Crippen LogP contribution in [0.3, 0.4) is 0 Å². The number of hydrogen-bond acceptors (Lipinski definition) is 2. The topological polar surface area (TPSA) is 15.3 Å². The van der Waals surface area contributed by atoms with Gasteiger partial charge in [-0.15, -0.1) is 0 Å². The zero-order valence-electron chi connectivity index (χ0n) is 7.51. The molecule has 2 aliphatic heterocycles. The second kappa shape index (κ2) is 2.76. The third kappa shape index (κ3) is 1.09. The summed E-state index contributed by atoms with van der Waals surface area (Å²) in [7, 11) is 2.26. The molecule has 11 heavy (non-hydrogen) atoms. The molecular weight excluding hydrogens is 136 g/mol. The Labute approximate surface area is 69.0 Å². The van der Waals surface area contributed by atoms with Crippen molar-refractivity contribution in [3.05, 3.63) is 0 Å². The number of nitrogens with one attached hydrogen (secondary N) is 1. The first-order valence-corrected chi connectivity index (χ1v) is 4.76. The van der Waals surface area contributed by atoms with Crippen LogP contribution in [0.5, 0.6) is 0 Å². The molecule has 0 unspecified atom stereocenters. The van der Waals surface area contributed by atoms with Crippen LogP contribution in [0.25, 0.3) is 0 Å². The summed E-state index contributed by atoms with van der Waals surface area (Å²) in [5, 5.41) is 3.57. The van der Waals surface area contributed by atoms with Crippen molar-refractivity contribution in [3.63, 3.8) is 0 Å². The van der Waals surface area contributed by atoms with Crippen LogP contribution < -0.4 is 5.32 Å². The van der Waals surface area contributed by atoms with Crippen LogP contribution >= 0.6 is 0 Å². The second-order valence-electron chi connectivity index (χ2n) is 3.93. The van der Waals surface area contributed by atoms with Gasteiger partial charge < -0.3 is 10.2 Å². The summed E-state index contributed by atoms with van der Waals surface area (Å²) in [5.74, 6) is 0.949. The number of likely N-dealkylation sites (tertiary alicyclic amines) is 1. The van der Waals surface area contributed by atoms with E-state index in [2.05, 4.69) is 24.2 Å². The third-order valence-electron chi connectivity index (χ3n) is 3.36. The molecule has 64 valence electrons. The van der Waals surface area contributed by atoms with Crippen molar-refractivity contribution < 1.29 is 0 Å². The molecule has 2 fully saturated rings. The van der Waals surface area contributed by atoms with Gasteiger partial charge in [0.1, 0.15) is 0 Å². The quantitative estimate of drug-likeness (QED) is 0.598. The monoisotopic (exact) mass is 154 g/mol. The molecule has 2 rings (SSSR count). The first-order chi connectivity index (χ1) is 5.33. The molecule has 2 nitrogen and oxygen atoms in total. The summed E-state index contributed by atoms with van der Waals surface area (Å²) in [6.45, 7) is 4.82. The minimum Gasteiger partial charge on any atom is -0.312 e. The lowest BCUT2D eigenvalue weighted by Gasteiger charge is -2.21. The zero-order chi connectivity index (χ0) is 7.84. The number of likely N-dealkylation sites (N-methyl/N-ethyl adjacent to an activating group) is 1. The molecule has 0 aromatic rings. The second-order valence-corrected chi connectivity index (χ2v) is 3.93. The predicted molar refractivity (Wildman–Crippen MR) is 46.6 cm³/mol. The van der Waals surface area contributed by atoms with Gasteiger partial charge in [0.15, 0.2) is 0 Å². The maximum Gasteiger partial charge on any atom is 0.0238 e. The molecular formula is C9H18N2. The zero-order valence-corrected chi connectivity index (χ0v) is 7.51. The Balaban J connectivity index is 2.07. The van der Waals surface area contributed by atoms with Crippen molar-refractivity contribution >= 4 is 0 Å². The number of nitrogens with zero attached hydrogens (tertiary/aromatic N) is 1. The third-order valence-corrected chi connectivity index (χ3v) is 3.36. The first kappa shape index (κ1) is 7.56. The van der Waals surface area contributed by atoms with Crippen molar-refractivity contribution in [3.8, 4) is 0 Å². The fourth-order valence-corrected chi connectivity index (χ4v) is 2.84. The molecule has 0 aliphatic carbocycles. The Morgan fingerprint density at radius 1 is 1.55 bits per heavy atom. The highest BCUT2D eigenvalue weighted by atomic mass is 15.2. The van der Waals surface area contributed by atoms with Crippen molar-refractivity contribution in [1.82, 2.24) is 10.2 Å². The minimum atomic E-state index is 0.810. The van der Waals surface area contributed by atoms with Gasteiger partial charge in [-0.25, -0.2) is 0 Å². The van der Waals surface area contributed by atoms with Crippen molar-refractivity contribution in [2.24, 2.45) is 5.92 Å². The van der Waals surface area contributed by atoms with Crippen LogP contribution in [0, 0.1) is 5.92 Å². The lowest BCUT2D eigenvalue weighted by atomic mass is 9.95. The van der Waals surface area contributed by atoms with Gasteiger partial charge in [-0.3, -0.25) is 0 Å². The molecule has 3 atom stereocenters. The van der Waals surface area contributed by atoms with E-state index in [0.717, 1.165) is 18.0 Å². The Bertz CT molecular complexity index is 146. The highest BCUT2D eigenvalue weighted by molar-refractivity contribution is 4.98. The summed E-state index contributed by atoms with van der Waals surface area (Å²) in [6.07, 6.45) is 2.72. The van der Waals surface area contributed by atoms with Crippen molar-refractivity contribution in [1.29, 1.82) is 0 Å². The van der Waals surface area contributed by atoms with Crippen LogP contribution in [-0.4, -0.2) is 37.1 Å². The lowest BCUT2D eigenvalue weighted by Crippen LogP contribution is -2.29. The van der Waals surface area contributed by atoms with E-state index in [1.807, 2.05) is 0 Å². The molecule has 0 aromatic carbocycles. The summed E-state index contributed by atoms with van der Waals surface area (Å²) in [4.78, 5) is 2.52. The molecule has 0 spiro atoms. The SMILES string of the molecule is CC[C@@H]1[C@H]2CCN[C@H]2CN1C. The standard InChI is InChI=1S/C9H18N2/c1-3-9-7-4-5-10-8(7)6-11(9)2/h7-10H,3-6H2,1-2H3/t7-,8-,9+/m0/s1. The molecule has 2 saturated heterocycles. The van der Waals surface area contributed by atoms with E-state index < -0.39 is 0 Å². The average Bonchev–Trinajstić information content (AvgIpc) is 2.46. The van der Waals surface area contributed by atoms with Crippen LogP contribution in [-0.2, 0) is 0 Å². The Morgan fingerprint density at radius 2 is 2.36 bits per heavy atom. The van der Waals surface area contributed by atoms with Crippen molar-refractivity contribution in [2.45, 2.75) is 31.8 Å². The molecule has 0 aromatic heterocycles. The largest absolute Gasteiger partial charge is 0.312 e. The van der Waals surface area contributed by atoms with Crippen LogP contribution in [0.15, 0.2) is 0 Å². The highest BCUT2D eigenvalue weighted by Crippen LogP contribution is 2.31. The Hall–Kier alpha value is -0.0800. The van der Waals surface area contributed by atoms with Gasteiger partial charge in [0.05, 0.1) is 0 Å². The van der Waals surface area contributed by atoms with E-state index in [1.165, 1.54) is 25.9 Å². The molecule has 2 heteroatoms. The Kier molecular flexibility index (Phi) is 1.90. The minimum absolute atomic E-state index is 0.810. The van der Waals surface area contributed by atoms with Gasteiger partial charge >= 0.3 is 0 Å². The van der Waals surface area contributed by atoms with E-state index >= 15 is 0 Å². The van der Waals surface area contributed by atoms with E-state index in [1.54, 1.807) is 0 Å². The van der Waals surface area contributed by atoms with E-state index in [0.29, 0.717) is 0 Å². The number of rotatable bonds is 1. The van der Waals surface area contributed by atoms with E-state index in [4.69, 9.17) is 0 Å². The summed E-state index contributed by atoms with van der Waals surface area (Å²) >= 11 is 0. The smallest absolute Gasteiger partial charge is 0.0238 e. The lowest BCUT2D eigenvalue weighted by molar-refractivity contribution is 0.261. The number of hydrogen-bond donors (Lipinski definition) is 1. The summed E-state index contributed by atoms with van der Waals surface area (Å²) in [6, 6.07) is 1.67. The van der Waals surface area contributed by atoms with E-state index in [9.17, 15) is 0 Å². The fourth-order valence-electron chi connectivity index (χ4n) is 2.84. The predicted octanol–water partition coefficient (Wildman–Crippen LogP) is 0.688. The highest BCUT2D eigenvalue weighted by Gasteiger charge is 2.40. The van der Waals surface area contributed by atoms with Crippen LogP contribution in [0.4, 0.5) is 0 Å². The molecule has 0 radical (unpaired) electrons. The molecule has 2 aliphatic rings. The normalized spacial score (nSPS) is 44.7. The first-order valence-electron chi connectivity index (χ1n) is 4.76. The summed E-state index contributed by atoms with van der Waals surface area (Å²) < 4.78 is 0.